The van der Waals surface area contributed by atoms with Crippen LogP contribution in [0.25, 0.3) is 110 Å². The van der Waals surface area contributed by atoms with Crippen molar-refractivity contribution >= 4 is 71.3 Å². The smallest absolute Gasteiger partial charge is 0.143 e. The lowest BCUT2D eigenvalue weighted by atomic mass is 9.89. The molecule has 0 aliphatic carbocycles. The number of rotatable bonds is 8. The van der Waals surface area contributed by atoms with Gasteiger partial charge in [0.25, 0.3) is 0 Å². The highest BCUT2D eigenvalue weighted by molar-refractivity contribution is 6.25. The fourth-order valence-electron chi connectivity index (χ4n) is 10.2. The van der Waals surface area contributed by atoms with Crippen molar-refractivity contribution in [1.82, 2.24) is 0 Å². The molecular formula is C64H41NO. The maximum absolute atomic E-state index is 6.47. The molecule has 0 unspecified atom stereocenters. The molecule has 13 aromatic rings. The first-order valence-electron chi connectivity index (χ1n) is 22.7. The quantitative estimate of drug-likeness (QED) is 0.142. The standard InChI is InChI=1S/C64H41NO/c1-3-11-42(12-4-1)43-27-33-51(34-28-43)65(52-35-29-46(30-36-52)56-18-10-19-59-57-17-7-8-20-61(57)66-64(56)59)53-37-40-55(44-13-5-2-6-14-44)60(41-53)47-23-21-45(22-24-47)54-38-31-50-26-25-48-15-9-16-49-32-39-58(54)63(50)62(48)49/h1-41H. The number of fused-ring (bicyclic) bond motifs is 3. The summed E-state index contributed by atoms with van der Waals surface area (Å²) in [6, 6.07) is 90.2. The molecule has 0 amide bonds. The van der Waals surface area contributed by atoms with Gasteiger partial charge in [-0.25, -0.2) is 0 Å². The van der Waals surface area contributed by atoms with Crippen molar-refractivity contribution < 1.29 is 4.42 Å². The van der Waals surface area contributed by atoms with Gasteiger partial charge in [-0.05, 0) is 125 Å². The van der Waals surface area contributed by atoms with Crippen LogP contribution in [0.1, 0.15) is 0 Å². The Labute approximate surface area is 383 Å². The van der Waals surface area contributed by atoms with Gasteiger partial charge in [-0.3, -0.25) is 0 Å². The van der Waals surface area contributed by atoms with E-state index in [0.29, 0.717) is 0 Å². The van der Waals surface area contributed by atoms with Gasteiger partial charge in [0.15, 0.2) is 0 Å². The molecule has 0 bridgehead atoms. The molecule has 2 heteroatoms. The molecule has 0 saturated heterocycles. The second-order valence-electron chi connectivity index (χ2n) is 17.2. The third-order valence-electron chi connectivity index (χ3n) is 13.5. The summed E-state index contributed by atoms with van der Waals surface area (Å²) in [5.41, 5.74) is 16.7. The molecular weight excluding hydrogens is 799 g/mol. The number of nitrogens with zero attached hydrogens (tertiary/aromatic N) is 1. The van der Waals surface area contributed by atoms with Gasteiger partial charge in [-0.1, -0.05) is 206 Å². The van der Waals surface area contributed by atoms with Crippen molar-refractivity contribution in [1.29, 1.82) is 0 Å². The zero-order valence-electron chi connectivity index (χ0n) is 36.0. The zero-order valence-corrected chi connectivity index (χ0v) is 36.0. The Hall–Kier alpha value is -8.72. The summed E-state index contributed by atoms with van der Waals surface area (Å²) in [5.74, 6) is 0. The van der Waals surface area contributed by atoms with Gasteiger partial charge in [0.05, 0.1) is 0 Å². The second kappa shape index (κ2) is 15.5. The van der Waals surface area contributed by atoms with Crippen molar-refractivity contribution in [3.05, 3.63) is 249 Å². The van der Waals surface area contributed by atoms with Crippen molar-refractivity contribution in [3.63, 3.8) is 0 Å². The van der Waals surface area contributed by atoms with Crippen LogP contribution in [0.3, 0.4) is 0 Å². The number of para-hydroxylation sites is 2. The third kappa shape index (κ3) is 6.34. The summed E-state index contributed by atoms with van der Waals surface area (Å²) in [4.78, 5) is 2.37. The van der Waals surface area contributed by atoms with E-state index in [9.17, 15) is 0 Å². The topological polar surface area (TPSA) is 16.4 Å². The summed E-state index contributed by atoms with van der Waals surface area (Å²) in [7, 11) is 0. The minimum atomic E-state index is 0.901. The minimum Gasteiger partial charge on any atom is -0.455 e. The van der Waals surface area contributed by atoms with E-state index in [0.717, 1.165) is 55.7 Å². The van der Waals surface area contributed by atoms with Crippen LogP contribution < -0.4 is 4.90 Å². The molecule has 13 rings (SSSR count). The Morgan fingerprint density at radius 2 is 0.742 bits per heavy atom. The lowest BCUT2D eigenvalue weighted by Crippen LogP contribution is -2.10. The highest BCUT2D eigenvalue weighted by atomic mass is 16.3. The van der Waals surface area contributed by atoms with Crippen LogP contribution in [-0.2, 0) is 0 Å². The largest absolute Gasteiger partial charge is 0.455 e. The molecule has 1 heterocycles. The Morgan fingerprint density at radius 1 is 0.258 bits per heavy atom. The predicted molar refractivity (Wildman–Crippen MR) is 279 cm³/mol. The fraction of sp³-hybridized carbons (Fsp3) is 0. The van der Waals surface area contributed by atoms with Gasteiger partial charge in [0.2, 0.25) is 0 Å². The van der Waals surface area contributed by atoms with E-state index in [1.165, 1.54) is 71.3 Å². The maximum atomic E-state index is 6.47. The second-order valence-corrected chi connectivity index (χ2v) is 17.2. The first-order chi connectivity index (χ1) is 32.7. The Bertz CT molecular complexity index is 3870. The van der Waals surface area contributed by atoms with E-state index in [1.807, 2.05) is 12.1 Å². The van der Waals surface area contributed by atoms with E-state index in [1.54, 1.807) is 0 Å². The highest BCUT2D eigenvalue weighted by Crippen LogP contribution is 2.44. The molecule has 0 fully saturated rings. The van der Waals surface area contributed by atoms with Crippen LogP contribution in [0, 0.1) is 0 Å². The predicted octanol–water partition coefficient (Wildman–Crippen LogP) is 18.3. The van der Waals surface area contributed by atoms with E-state index in [4.69, 9.17) is 4.42 Å². The first-order valence-corrected chi connectivity index (χ1v) is 22.7. The van der Waals surface area contributed by atoms with Gasteiger partial charge in [-0.15, -0.1) is 0 Å². The van der Waals surface area contributed by atoms with Crippen molar-refractivity contribution in [2.45, 2.75) is 0 Å². The summed E-state index contributed by atoms with van der Waals surface area (Å²) >= 11 is 0. The van der Waals surface area contributed by atoms with Crippen LogP contribution in [-0.4, -0.2) is 0 Å². The molecule has 0 N–H and O–H groups in total. The van der Waals surface area contributed by atoms with Crippen LogP contribution >= 0.6 is 0 Å². The fourth-order valence-corrected chi connectivity index (χ4v) is 10.2. The summed E-state index contributed by atoms with van der Waals surface area (Å²) in [6.45, 7) is 0. The van der Waals surface area contributed by atoms with Crippen LogP contribution in [0.2, 0.25) is 0 Å². The van der Waals surface area contributed by atoms with Crippen molar-refractivity contribution in [2.24, 2.45) is 0 Å². The van der Waals surface area contributed by atoms with E-state index in [-0.39, 0.29) is 0 Å². The molecule has 1 aromatic heterocycles. The van der Waals surface area contributed by atoms with Crippen molar-refractivity contribution in [3.8, 4) is 55.6 Å². The Balaban J connectivity index is 0.937. The van der Waals surface area contributed by atoms with Gasteiger partial charge in [0, 0.05) is 33.4 Å². The van der Waals surface area contributed by atoms with E-state index in [2.05, 4.69) is 241 Å². The molecule has 0 aliphatic rings. The summed E-state index contributed by atoms with van der Waals surface area (Å²) < 4.78 is 6.47. The SMILES string of the molecule is c1ccc(-c2ccc(N(c3ccc(-c4cccc5c4oc4ccccc45)cc3)c3ccc(-c4ccccc4)c(-c4ccc(-c5ccc6ccc7cccc8ccc5c6c78)cc4)c3)cc2)cc1. The van der Waals surface area contributed by atoms with Crippen LogP contribution in [0.15, 0.2) is 253 Å². The van der Waals surface area contributed by atoms with Gasteiger partial charge in [-0.2, -0.15) is 0 Å². The number of hydrogen-bond acceptors (Lipinski definition) is 2. The van der Waals surface area contributed by atoms with E-state index < -0.39 is 0 Å². The van der Waals surface area contributed by atoms with E-state index >= 15 is 0 Å². The van der Waals surface area contributed by atoms with Gasteiger partial charge < -0.3 is 9.32 Å². The summed E-state index contributed by atoms with van der Waals surface area (Å²) in [5, 5.41) is 10.1. The molecule has 12 aromatic carbocycles. The molecule has 0 atom stereocenters. The lowest BCUT2D eigenvalue weighted by molar-refractivity contribution is 0.670. The number of benzene rings is 12. The molecule has 0 radical (unpaired) electrons. The lowest BCUT2D eigenvalue weighted by Gasteiger charge is -2.27. The molecule has 308 valence electrons. The zero-order chi connectivity index (χ0) is 43.6. The molecule has 0 spiro atoms. The van der Waals surface area contributed by atoms with Gasteiger partial charge >= 0.3 is 0 Å². The summed E-state index contributed by atoms with van der Waals surface area (Å²) in [6.07, 6.45) is 0. The van der Waals surface area contributed by atoms with Crippen molar-refractivity contribution in [2.75, 3.05) is 4.90 Å². The molecule has 0 aliphatic heterocycles. The normalized spacial score (nSPS) is 11.6. The Morgan fingerprint density at radius 3 is 1.47 bits per heavy atom. The maximum Gasteiger partial charge on any atom is 0.143 e. The average molecular weight is 840 g/mol. The first kappa shape index (κ1) is 37.8. The van der Waals surface area contributed by atoms with Gasteiger partial charge in [0.1, 0.15) is 11.2 Å². The molecule has 0 saturated carbocycles. The Kier molecular flexibility index (Phi) is 8.89. The molecule has 2 nitrogen and oxygen atoms in total. The minimum absolute atomic E-state index is 0.901. The number of furan rings is 1. The van der Waals surface area contributed by atoms with Crippen LogP contribution in [0.4, 0.5) is 17.1 Å². The number of anilines is 3. The average Bonchev–Trinajstić information content (AvgIpc) is 3.78. The highest BCUT2D eigenvalue weighted by Gasteiger charge is 2.19. The monoisotopic (exact) mass is 839 g/mol. The third-order valence-corrected chi connectivity index (χ3v) is 13.5. The van der Waals surface area contributed by atoms with Crippen LogP contribution in [0.5, 0.6) is 0 Å². The number of hydrogen-bond donors (Lipinski definition) is 0. The molecule has 66 heavy (non-hydrogen) atoms.